The average Bonchev–Trinajstić information content (AvgIpc) is 2.96. The van der Waals surface area contributed by atoms with Crippen LogP contribution in [0, 0.1) is 0 Å². The van der Waals surface area contributed by atoms with Crippen LogP contribution in [-0.2, 0) is 4.74 Å². The fourth-order valence-electron chi connectivity index (χ4n) is 2.46. The Morgan fingerprint density at radius 3 is 2.82 bits per heavy atom. The largest absolute Gasteiger partial charge is 0.497 e. The highest BCUT2D eigenvalue weighted by molar-refractivity contribution is 6.02. The third-order valence-corrected chi connectivity index (χ3v) is 3.82. The maximum absolute atomic E-state index is 12.3. The van der Waals surface area contributed by atoms with Crippen LogP contribution in [0.15, 0.2) is 18.2 Å². The Labute approximate surface area is 131 Å². The standard InChI is InChI=1S/C17H24N2O3/c1-4-6-7-8-12(5-2)22-17(20)16-14-10-9-13(21-3)11-15(14)18-19-16/h9-12H,4-8H2,1-3H3,(H,18,19). The van der Waals surface area contributed by atoms with Crippen molar-refractivity contribution in [3.05, 3.63) is 23.9 Å². The van der Waals surface area contributed by atoms with Gasteiger partial charge in [0.2, 0.25) is 0 Å². The highest BCUT2D eigenvalue weighted by Gasteiger charge is 2.19. The first kappa shape index (κ1) is 16.3. The molecule has 1 heterocycles. The molecule has 0 aliphatic heterocycles. The molecular formula is C17H24N2O3. The molecule has 0 spiro atoms. The molecule has 2 rings (SSSR count). The second kappa shape index (κ2) is 7.82. The number of nitrogens with one attached hydrogen (secondary N) is 1. The smallest absolute Gasteiger partial charge is 0.359 e. The minimum atomic E-state index is -0.361. The SMILES string of the molecule is CCCCCC(CC)OC(=O)c1n[nH]c2cc(OC)ccc12. The van der Waals surface area contributed by atoms with Gasteiger partial charge in [0.15, 0.2) is 5.69 Å². The van der Waals surface area contributed by atoms with Crippen LogP contribution in [0.2, 0.25) is 0 Å². The number of esters is 1. The van der Waals surface area contributed by atoms with Gasteiger partial charge in [0.25, 0.3) is 0 Å². The summed E-state index contributed by atoms with van der Waals surface area (Å²) in [7, 11) is 1.61. The Kier molecular flexibility index (Phi) is 5.81. The number of rotatable bonds is 8. The summed E-state index contributed by atoms with van der Waals surface area (Å²) in [4.78, 5) is 12.3. The normalized spacial score (nSPS) is 12.3. The number of benzene rings is 1. The van der Waals surface area contributed by atoms with E-state index in [0.29, 0.717) is 5.69 Å². The number of carbonyl (C=O) groups excluding carboxylic acids is 1. The lowest BCUT2D eigenvalue weighted by Crippen LogP contribution is -2.18. The third kappa shape index (κ3) is 3.78. The van der Waals surface area contributed by atoms with E-state index in [1.54, 1.807) is 7.11 Å². The van der Waals surface area contributed by atoms with Crippen LogP contribution in [0.25, 0.3) is 10.9 Å². The van der Waals surface area contributed by atoms with Gasteiger partial charge in [-0.05, 0) is 31.4 Å². The zero-order valence-corrected chi connectivity index (χ0v) is 13.5. The fourth-order valence-corrected chi connectivity index (χ4v) is 2.46. The molecule has 0 aliphatic carbocycles. The molecule has 0 saturated heterocycles. The van der Waals surface area contributed by atoms with Crippen LogP contribution in [-0.4, -0.2) is 29.4 Å². The van der Waals surface area contributed by atoms with Gasteiger partial charge < -0.3 is 9.47 Å². The highest BCUT2D eigenvalue weighted by Crippen LogP contribution is 2.23. The van der Waals surface area contributed by atoms with Gasteiger partial charge in [-0.2, -0.15) is 5.10 Å². The Hall–Kier alpha value is -2.04. The second-order valence-corrected chi connectivity index (χ2v) is 5.42. The van der Waals surface area contributed by atoms with Gasteiger partial charge in [-0.1, -0.05) is 26.7 Å². The van der Waals surface area contributed by atoms with Crippen molar-refractivity contribution >= 4 is 16.9 Å². The molecule has 1 N–H and O–H groups in total. The van der Waals surface area contributed by atoms with E-state index in [0.717, 1.165) is 42.3 Å². The molecular weight excluding hydrogens is 280 g/mol. The van der Waals surface area contributed by atoms with Gasteiger partial charge in [0.05, 0.1) is 12.6 Å². The number of unbranched alkanes of at least 4 members (excludes halogenated alkanes) is 2. The highest BCUT2D eigenvalue weighted by atomic mass is 16.5. The number of hydrogen-bond donors (Lipinski definition) is 1. The second-order valence-electron chi connectivity index (χ2n) is 5.42. The van der Waals surface area contributed by atoms with E-state index in [1.807, 2.05) is 25.1 Å². The molecule has 0 aliphatic rings. The molecule has 0 saturated carbocycles. The van der Waals surface area contributed by atoms with Crippen LogP contribution in [0.1, 0.15) is 56.4 Å². The first-order valence-corrected chi connectivity index (χ1v) is 7.92. The molecule has 1 aromatic carbocycles. The summed E-state index contributed by atoms with van der Waals surface area (Å²) in [6.07, 6.45) is 5.11. The number of aromatic nitrogens is 2. The number of fused-ring (bicyclic) bond motifs is 1. The molecule has 5 heteroatoms. The van der Waals surface area contributed by atoms with Crippen molar-refractivity contribution in [2.75, 3.05) is 7.11 Å². The van der Waals surface area contributed by atoms with Crippen molar-refractivity contribution in [3.8, 4) is 5.75 Å². The van der Waals surface area contributed by atoms with Crippen molar-refractivity contribution in [2.24, 2.45) is 0 Å². The minimum Gasteiger partial charge on any atom is -0.497 e. The predicted molar refractivity (Wildman–Crippen MR) is 86.3 cm³/mol. The predicted octanol–water partition coefficient (Wildman–Crippen LogP) is 4.09. The molecule has 2 aromatic rings. The summed E-state index contributed by atoms with van der Waals surface area (Å²) in [5.41, 5.74) is 1.11. The topological polar surface area (TPSA) is 64.2 Å². The zero-order valence-electron chi connectivity index (χ0n) is 13.5. The summed E-state index contributed by atoms with van der Waals surface area (Å²) < 4.78 is 10.8. The Morgan fingerprint density at radius 1 is 1.32 bits per heavy atom. The maximum Gasteiger partial charge on any atom is 0.359 e. The number of H-pyrrole nitrogens is 1. The summed E-state index contributed by atoms with van der Waals surface area (Å²) in [6.45, 7) is 4.20. The van der Waals surface area contributed by atoms with Crippen molar-refractivity contribution in [1.29, 1.82) is 0 Å². The molecule has 1 aromatic heterocycles. The molecule has 0 radical (unpaired) electrons. The van der Waals surface area contributed by atoms with Crippen LogP contribution >= 0.6 is 0 Å². The Bertz CT molecular complexity index is 621. The monoisotopic (exact) mass is 304 g/mol. The molecule has 0 amide bonds. The number of methoxy groups -OCH3 is 1. The number of aromatic amines is 1. The first-order valence-electron chi connectivity index (χ1n) is 7.92. The molecule has 0 fully saturated rings. The van der Waals surface area contributed by atoms with Gasteiger partial charge in [-0.3, -0.25) is 5.10 Å². The number of carbonyl (C=O) groups is 1. The lowest BCUT2D eigenvalue weighted by atomic mass is 10.1. The number of nitrogens with zero attached hydrogens (tertiary/aromatic N) is 1. The van der Waals surface area contributed by atoms with E-state index in [-0.39, 0.29) is 12.1 Å². The van der Waals surface area contributed by atoms with Crippen molar-refractivity contribution in [1.82, 2.24) is 10.2 Å². The van der Waals surface area contributed by atoms with Gasteiger partial charge in [-0.25, -0.2) is 4.79 Å². The molecule has 1 unspecified atom stereocenters. The van der Waals surface area contributed by atoms with E-state index >= 15 is 0 Å². The molecule has 5 nitrogen and oxygen atoms in total. The lowest BCUT2D eigenvalue weighted by molar-refractivity contribution is 0.0262. The van der Waals surface area contributed by atoms with Crippen molar-refractivity contribution in [2.45, 2.75) is 52.1 Å². The van der Waals surface area contributed by atoms with Crippen LogP contribution in [0.5, 0.6) is 5.75 Å². The Balaban J connectivity index is 2.08. The molecule has 120 valence electrons. The number of hydrogen-bond acceptors (Lipinski definition) is 4. The minimum absolute atomic E-state index is 0.0379. The quantitative estimate of drug-likeness (QED) is 0.589. The van der Waals surface area contributed by atoms with Crippen LogP contribution in [0.4, 0.5) is 0 Å². The van der Waals surface area contributed by atoms with Crippen molar-refractivity contribution in [3.63, 3.8) is 0 Å². The van der Waals surface area contributed by atoms with E-state index in [1.165, 1.54) is 6.42 Å². The van der Waals surface area contributed by atoms with Crippen molar-refractivity contribution < 1.29 is 14.3 Å². The Morgan fingerprint density at radius 2 is 2.14 bits per heavy atom. The molecule has 0 bridgehead atoms. The van der Waals surface area contributed by atoms with Gasteiger partial charge in [0.1, 0.15) is 11.9 Å². The van der Waals surface area contributed by atoms with Gasteiger partial charge in [0, 0.05) is 11.5 Å². The van der Waals surface area contributed by atoms with Crippen LogP contribution in [0.3, 0.4) is 0 Å². The fraction of sp³-hybridized carbons (Fsp3) is 0.529. The zero-order chi connectivity index (χ0) is 15.9. The summed E-state index contributed by atoms with van der Waals surface area (Å²) >= 11 is 0. The van der Waals surface area contributed by atoms with Crippen LogP contribution < -0.4 is 4.74 Å². The van der Waals surface area contributed by atoms with E-state index < -0.39 is 0 Å². The summed E-state index contributed by atoms with van der Waals surface area (Å²) in [5.74, 6) is 0.363. The van der Waals surface area contributed by atoms with E-state index in [9.17, 15) is 4.79 Å². The lowest BCUT2D eigenvalue weighted by Gasteiger charge is -2.15. The molecule has 22 heavy (non-hydrogen) atoms. The summed E-state index contributed by atoms with van der Waals surface area (Å²) in [6, 6.07) is 5.46. The van der Waals surface area contributed by atoms with Gasteiger partial charge >= 0.3 is 5.97 Å². The maximum atomic E-state index is 12.3. The first-order chi connectivity index (χ1) is 10.7. The number of ether oxygens (including phenoxy) is 2. The van der Waals surface area contributed by atoms with E-state index in [4.69, 9.17) is 9.47 Å². The molecule has 1 atom stereocenters. The summed E-state index contributed by atoms with van der Waals surface area (Å²) in [5, 5.41) is 7.71. The van der Waals surface area contributed by atoms with Gasteiger partial charge in [-0.15, -0.1) is 0 Å². The van der Waals surface area contributed by atoms with E-state index in [2.05, 4.69) is 17.1 Å². The average molecular weight is 304 g/mol. The third-order valence-electron chi connectivity index (χ3n) is 3.82.